The van der Waals surface area contributed by atoms with Gasteiger partial charge in [0.15, 0.2) is 0 Å². The van der Waals surface area contributed by atoms with Crippen molar-refractivity contribution in [2.24, 2.45) is 5.92 Å². The van der Waals surface area contributed by atoms with E-state index in [0.717, 1.165) is 5.56 Å². The van der Waals surface area contributed by atoms with Gasteiger partial charge in [-0.2, -0.15) is 0 Å². The first-order valence-electron chi connectivity index (χ1n) is 5.72. The molecule has 3 N–H and O–H groups in total. The molecule has 3 unspecified atom stereocenters. The van der Waals surface area contributed by atoms with Crippen LogP contribution in [0, 0.1) is 5.92 Å². The van der Waals surface area contributed by atoms with E-state index in [0.29, 0.717) is 6.54 Å². The molecule has 1 aromatic rings. The summed E-state index contributed by atoms with van der Waals surface area (Å²) in [6.07, 6.45) is -0.491. The Balaban J connectivity index is 2.38. The molecule has 3 nitrogen and oxygen atoms in total. The zero-order chi connectivity index (χ0) is 12.0. The van der Waals surface area contributed by atoms with Gasteiger partial charge in [-0.1, -0.05) is 37.3 Å². The first-order chi connectivity index (χ1) is 7.65. The molecule has 0 aliphatic carbocycles. The molecule has 0 saturated carbocycles. The highest BCUT2D eigenvalue weighted by Gasteiger charge is 2.13. The van der Waals surface area contributed by atoms with Crippen molar-refractivity contribution < 1.29 is 10.2 Å². The smallest absolute Gasteiger partial charge is 0.0914 e. The minimum atomic E-state index is -0.491. The van der Waals surface area contributed by atoms with E-state index in [1.165, 1.54) is 0 Å². The van der Waals surface area contributed by atoms with Crippen LogP contribution in [-0.4, -0.2) is 29.4 Å². The lowest BCUT2D eigenvalue weighted by atomic mass is 10.0. The zero-order valence-electron chi connectivity index (χ0n) is 9.93. The molecule has 0 aliphatic heterocycles. The fourth-order valence-corrected chi connectivity index (χ4v) is 1.45. The lowest BCUT2D eigenvalue weighted by Gasteiger charge is -2.21. The molecule has 0 amide bonds. The third kappa shape index (κ3) is 3.93. The van der Waals surface area contributed by atoms with Gasteiger partial charge in [0.1, 0.15) is 0 Å². The summed E-state index contributed by atoms with van der Waals surface area (Å²) in [5.74, 6) is 0.197. The summed E-state index contributed by atoms with van der Waals surface area (Å²) >= 11 is 0. The standard InChI is InChI=1S/C13H21NO2/c1-10(9-15)11(2)14-8-13(16)12-6-4-3-5-7-12/h3-7,10-11,13-16H,8-9H2,1-2H3. The maximum atomic E-state index is 9.90. The molecule has 0 heterocycles. The largest absolute Gasteiger partial charge is 0.396 e. The summed E-state index contributed by atoms with van der Waals surface area (Å²) in [5.41, 5.74) is 0.916. The second-order valence-electron chi connectivity index (χ2n) is 4.28. The van der Waals surface area contributed by atoms with Crippen LogP contribution in [-0.2, 0) is 0 Å². The Morgan fingerprint density at radius 3 is 2.38 bits per heavy atom. The first kappa shape index (κ1) is 13.2. The molecule has 0 aliphatic rings. The lowest BCUT2D eigenvalue weighted by Crippen LogP contribution is -2.36. The topological polar surface area (TPSA) is 52.5 Å². The van der Waals surface area contributed by atoms with Crippen LogP contribution in [0.3, 0.4) is 0 Å². The molecule has 0 aromatic heterocycles. The maximum Gasteiger partial charge on any atom is 0.0914 e. The third-order valence-electron chi connectivity index (χ3n) is 2.96. The van der Waals surface area contributed by atoms with Crippen molar-refractivity contribution in [3.63, 3.8) is 0 Å². The average Bonchev–Trinajstić information content (AvgIpc) is 2.35. The predicted molar refractivity (Wildman–Crippen MR) is 65.1 cm³/mol. The Morgan fingerprint density at radius 1 is 1.19 bits per heavy atom. The Morgan fingerprint density at radius 2 is 1.81 bits per heavy atom. The molecule has 0 spiro atoms. The van der Waals surface area contributed by atoms with E-state index in [2.05, 4.69) is 5.32 Å². The van der Waals surface area contributed by atoms with E-state index in [1.807, 2.05) is 44.2 Å². The Hall–Kier alpha value is -0.900. The summed E-state index contributed by atoms with van der Waals surface area (Å²) < 4.78 is 0. The number of hydrogen-bond donors (Lipinski definition) is 3. The van der Waals surface area contributed by atoms with Crippen LogP contribution in [0.1, 0.15) is 25.5 Å². The molecule has 0 saturated heterocycles. The molecule has 0 radical (unpaired) electrons. The molecule has 3 atom stereocenters. The molecule has 16 heavy (non-hydrogen) atoms. The van der Waals surface area contributed by atoms with Crippen molar-refractivity contribution in [3.8, 4) is 0 Å². The molecular formula is C13H21NO2. The number of hydrogen-bond acceptors (Lipinski definition) is 3. The highest BCUT2D eigenvalue weighted by atomic mass is 16.3. The first-order valence-corrected chi connectivity index (χ1v) is 5.72. The second-order valence-corrected chi connectivity index (χ2v) is 4.28. The van der Waals surface area contributed by atoms with Crippen LogP contribution >= 0.6 is 0 Å². The molecule has 0 fully saturated rings. The van der Waals surface area contributed by atoms with Crippen molar-refractivity contribution in [3.05, 3.63) is 35.9 Å². The molecule has 1 aromatic carbocycles. The minimum Gasteiger partial charge on any atom is -0.396 e. The van der Waals surface area contributed by atoms with Gasteiger partial charge in [-0.15, -0.1) is 0 Å². The normalized spacial score (nSPS) is 16.8. The van der Waals surface area contributed by atoms with Crippen molar-refractivity contribution in [1.29, 1.82) is 0 Å². The number of aliphatic hydroxyl groups excluding tert-OH is 2. The van der Waals surface area contributed by atoms with Crippen LogP contribution in [0.15, 0.2) is 30.3 Å². The molecule has 1 rings (SSSR count). The third-order valence-corrected chi connectivity index (χ3v) is 2.96. The van der Waals surface area contributed by atoms with E-state index in [-0.39, 0.29) is 18.6 Å². The van der Waals surface area contributed by atoms with Crippen LogP contribution in [0.25, 0.3) is 0 Å². The predicted octanol–water partition coefficient (Wildman–Crippen LogP) is 1.33. The van der Waals surface area contributed by atoms with Crippen molar-refractivity contribution in [1.82, 2.24) is 5.32 Å². The number of rotatable bonds is 6. The van der Waals surface area contributed by atoms with E-state index >= 15 is 0 Å². The van der Waals surface area contributed by atoms with Gasteiger partial charge >= 0.3 is 0 Å². The highest BCUT2D eigenvalue weighted by Crippen LogP contribution is 2.11. The van der Waals surface area contributed by atoms with E-state index in [1.54, 1.807) is 0 Å². The van der Waals surface area contributed by atoms with E-state index in [9.17, 15) is 5.11 Å². The molecule has 90 valence electrons. The summed E-state index contributed by atoms with van der Waals surface area (Å²) in [6.45, 7) is 4.66. The van der Waals surface area contributed by atoms with Gasteiger partial charge in [-0.05, 0) is 18.4 Å². The summed E-state index contributed by atoms with van der Waals surface area (Å²) in [5, 5.41) is 22.1. The van der Waals surface area contributed by atoms with Crippen LogP contribution < -0.4 is 5.32 Å². The monoisotopic (exact) mass is 223 g/mol. The van der Waals surface area contributed by atoms with Gasteiger partial charge in [0.05, 0.1) is 6.10 Å². The lowest BCUT2D eigenvalue weighted by molar-refractivity contribution is 0.155. The maximum absolute atomic E-state index is 9.90. The number of aliphatic hydroxyl groups is 2. The Labute approximate surface area is 97.1 Å². The van der Waals surface area contributed by atoms with Crippen molar-refractivity contribution in [2.75, 3.05) is 13.2 Å². The van der Waals surface area contributed by atoms with Crippen molar-refractivity contribution >= 4 is 0 Å². The quantitative estimate of drug-likeness (QED) is 0.682. The van der Waals surface area contributed by atoms with E-state index < -0.39 is 6.10 Å². The van der Waals surface area contributed by atoms with E-state index in [4.69, 9.17) is 5.11 Å². The van der Waals surface area contributed by atoms with Crippen LogP contribution in [0.2, 0.25) is 0 Å². The summed E-state index contributed by atoms with van der Waals surface area (Å²) in [7, 11) is 0. The summed E-state index contributed by atoms with van der Waals surface area (Å²) in [6, 6.07) is 9.78. The number of nitrogens with one attached hydrogen (secondary N) is 1. The van der Waals surface area contributed by atoms with Gasteiger partial charge < -0.3 is 15.5 Å². The molecule has 0 bridgehead atoms. The minimum absolute atomic E-state index is 0.162. The Kier molecular flexibility index (Phi) is 5.46. The van der Waals surface area contributed by atoms with Gasteiger partial charge in [-0.25, -0.2) is 0 Å². The molecular weight excluding hydrogens is 202 g/mol. The van der Waals surface area contributed by atoms with Gasteiger partial charge in [0.2, 0.25) is 0 Å². The van der Waals surface area contributed by atoms with Gasteiger partial charge in [0.25, 0.3) is 0 Å². The van der Waals surface area contributed by atoms with Crippen LogP contribution in [0.4, 0.5) is 0 Å². The second kappa shape index (κ2) is 6.63. The summed E-state index contributed by atoms with van der Waals surface area (Å²) in [4.78, 5) is 0. The van der Waals surface area contributed by atoms with Crippen LogP contribution in [0.5, 0.6) is 0 Å². The fourth-order valence-electron chi connectivity index (χ4n) is 1.45. The average molecular weight is 223 g/mol. The number of benzene rings is 1. The fraction of sp³-hybridized carbons (Fsp3) is 0.538. The van der Waals surface area contributed by atoms with Gasteiger partial charge in [-0.3, -0.25) is 0 Å². The highest BCUT2D eigenvalue weighted by molar-refractivity contribution is 5.17. The van der Waals surface area contributed by atoms with Crippen molar-refractivity contribution in [2.45, 2.75) is 26.0 Å². The molecule has 3 heteroatoms. The zero-order valence-corrected chi connectivity index (χ0v) is 9.93. The Bertz CT molecular complexity index is 289. The SMILES string of the molecule is CC(CO)C(C)NCC(O)c1ccccc1. The van der Waals surface area contributed by atoms with Gasteiger partial charge in [0, 0.05) is 19.2 Å².